The molecule has 1 heterocycles. The number of sulfonamides is 1. The summed E-state index contributed by atoms with van der Waals surface area (Å²) in [5, 5.41) is 0.898. The van der Waals surface area contributed by atoms with Gasteiger partial charge in [0.15, 0.2) is 0 Å². The summed E-state index contributed by atoms with van der Waals surface area (Å²) in [6.07, 6.45) is 0. The number of hydroxylamine groups is 2. The minimum atomic E-state index is -3.57. The van der Waals surface area contributed by atoms with E-state index < -0.39 is 21.3 Å². The predicted octanol–water partition coefficient (Wildman–Crippen LogP) is 2.10. The van der Waals surface area contributed by atoms with Crippen molar-refractivity contribution in [2.45, 2.75) is 17.8 Å². The monoisotopic (exact) mass is 362 g/mol. The number of hydrogen-bond acceptors (Lipinski definition) is 5. The fourth-order valence-electron chi connectivity index (χ4n) is 2.99. The SMILES string of the molecule is COc1cccc(C2C(S(=O)(=O)NCc3ccccc3)CON2C)c1. The summed E-state index contributed by atoms with van der Waals surface area (Å²) < 4.78 is 33.6. The number of methoxy groups -OCH3 is 1. The summed E-state index contributed by atoms with van der Waals surface area (Å²) in [5.74, 6) is 0.686. The normalized spacial score (nSPS) is 21.4. The second-order valence-corrected chi connectivity index (χ2v) is 7.94. The molecule has 0 bridgehead atoms. The van der Waals surface area contributed by atoms with E-state index in [9.17, 15) is 8.42 Å². The third kappa shape index (κ3) is 4.01. The van der Waals surface area contributed by atoms with Crippen LogP contribution in [0.3, 0.4) is 0 Å². The minimum absolute atomic E-state index is 0.114. The Balaban J connectivity index is 1.81. The molecule has 1 aliphatic rings. The van der Waals surface area contributed by atoms with Gasteiger partial charge in [0.1, 0.15) is 11.0 Å². The topological polar surface area (TPSA) is 67.9 Å². The number of benzene rings is 2. The molecule has 1 N–H and O–H groups in total. The zero-order chi connectivity index (χ0) is 17.9. The van der Waals surface area contributed by atoms with E-state index in [1.165, 1.54) is 0 Å². The molecule has 2 unspecified atom stereocenters. The molecule has 1 aliphatic heterocycles. The van der Waals surface area contributed by atoms with Crippen LogP contribution in [-0.4, -0.2) is 39.5 Å². The van der Waals surface area contributed by atoms with Gasteiger partial charge in [-0.3, -0.25) is 4.84 Å². The Morgan fingerprint density at radius 2 is 1.96 bits per heavy atom. The molecule has 2 atom stereocenters. The fraction of sp³-hybridized carbons (Fsp3) is 0.333. The van der Waals surface area contributed by atoms with Crippen molar-refractivity contribution in [2.75, 3.05) is 20.8 Å². The highest BCUT2D eigenvalue weighted by Crippen LogP contribution is 2.34. The molecule has 0 aromatic heterocycles. The third-order valence-corrected chi connectivity index (χ3v) is 6.08. The van der Waals surface area contributed by atoms with Gasteiger partial charge in [-0.15, -0.1) is 0 Å². The Hall–Kier alpha value is -1.93. The molecule has 25 heavy (non-hydrogen) atoms. The van der Waals surface area contributed by atoms with E-state index in [0.717, 1.165) is 11.1 Å². The van der Waals surface area contributed by atoms with Gasteiger partial charge in [0.25, 0.3) is 0 Å². The van der Waals surface area contributed by atoms with Crippen LogP contribution in [0.15, 0.2) is 54.6 Å². The first-order chi connectivity index (χ1) is 12.0. The van der Waals surface area contributed by atoms with Crippen molar-refractivity contribution in [1.82, 2.24) is 9.79 Å². The Morgan fingerprint density at radius 1 is 1.20 bits per heavy atom. The zero-order valence-electron chi connectivity index (χ0n) is 14.3. The molecule has 134 valence electrons. The molecule has 2 aromatic rings. The molecule has 0 spiro atoms. The molecular weight excluding hydrogens is 340 g/mol. The van der Waals surface area contributed by atoms with Crippen molar-refractivity contribution in [3.63, 3.8) is 0 Å². The molecular formula is C18H22N2O4S. The van der Waals surface area contributed by atoms with Crippen LogP contribution in [0, 0.1) is 0 Å². The predicted molar refractivity (Wildman–Crippen MR) is 95.4 cm³/mol. The van der Waals surface area contributed by atoms with Crippen molar-refractivity contribution in [1.29, 1.82) is 0 Å². The van der Waals surface area contributed by atoms with E-state index in [0.29, 0.717) is 5.75 Å². The zero-order valence-corrected chi connectivity index (χ0v) is 15.1. The van der Waals surface area contributed by atoms with E-state index in [1.54, 1.807) is 19.2 Å². The van der Waals surface area contributed by atoms with Crippen molar-refractivity contribution >= 4 is 10.0 Å². The lowest BCUT2D eigenvalue weighted by molar-refractivity contribution is -0.110. The van der Waals surface area contributed by atoms with Gasteiger partial charge in [0.05, 0.1) is 19.8 Å². The average Bonchev–Trinajstić information content (AvgIpc) is 3.03. The van der Waals surface area contributed by atoms with Gasteiger partial charge in [-0.05, 0) is 23.3 Å². The molecule has 1 fully saturated rings. The Bertz CT molecular complexity index is 811. The fourth-order valence-corrected chi connectivity index (χ4v) is 4.48. The minimum Gasteiger partial charge on any atom is -0.497 e. The summed E-state index contributed by atoms with van der Waals surface area (Å²) in [6.45, 7) is 0.372. The summed E-state index contributed by atoms with van der Waals surface area (Å²) in [4.78, 5) is 5.52. The quantitative estimate of drug-likeness (QED) is 0.852. The van der Waals surface area contributed by atoms with E-state index >= 15 is 0 Å². The van der Waals surface area contributed by atoms with Crippen LogP contribution in [0.1, 0.15) is 17.2 Å². The lowest BCUT2D eigenvalue weighted by Crippen LogP contribution is -2.39. The van der Waals surface area contributed by atoms with Gasteiger partial charge < -0.3 is 4.74 Å². The molecule has 0 aliphatic carbocycles. The number of hydrogen-bond donors (Lipinski definition) is 1. The highest BCUT2D eigenvalue weighted by Gasteiger charge is 2.43. The molecule has 0 radical (unpaired) electrons. The molecule has 1 saturated heterocycles. The summed E-state index contributed by atoms with van der Waals surface area (Å²) in [6, 6.07) is 16.5. The van der Waals surface area contributed by atoms with Gasteiger partial charge in [-0.2, -0.15) is 5.06 Å². The van der Waals surface area contributed by atoms with Crippen molar-refractivity contribution in [3.05, 3.63) is 65.7 Å². The van der Waals surface area contributed by atoms with Crippen molar-refractivity contribution < 1.29 is 18.0 Å². The maximum atomic E-state index is 12.8. The molecule has 0 amide bonds. The molecule has 0 saturated carbocycles. The Kier molecular flexibility index (Phi) is 5.39. The van der Waals surface area contributed by atoms with Crippen LogP contribution in [0.5, 0.6) is 5.75 Å². The van der Waals surface area contributed by atoms with Crippen LogP contribution in [0.25, 0.3) is 0 Å². The van der Waals surface area contributed by atoms with E-state index in [2.05, 4.69) is 4.72 Å². The largest absolute Gasteiger partial charge is 0.497 e. The van der Waals surface area contributed by atoms with Crippen LogP contribution < -0.4 is 9.46 Å². The third-order valence-electron chi connectivity index (χ3n) is 4.34. The second-order valence-electron chi connectivity index (χ2n) is 5.95. The number of nitrogens with zero attached hydrogens (tertiary/aromatic N) is 1. The number of nitrogens with one attached hydrogen (secondary N) is 1. The number of rotatable bonds is 6. The molecule has 2 aromatic carbocycles. The van der Waals surface area contributed by atoms with Crippen LogP contribution >= 0.6 is 0 Å². The van der Waals surface area contributed by atoms with Crippen molar-refractivity contribution in [2.24, 2.45) is 0 Å². The summed E-state index contributed by atoms with van der Waals surface area (Å²) >= 11 is 0. The van der Waals surface area contributed by atoms with Gasteiger partial charge in [-0.1, -0.05) is 42.5 Å². The summed E-state index contributed by atoms with van der Waals surface area (Å²) in [7, 11) is -0.232. The average molecular weight is 362 g/mol. The van der Waals surface area contributed by atoms with E-state index in [1.807, 2.05) is 54.6 Å². The Morgan fingerprint density at radius 3 is 2.68 bits per heavy atom. The van der Waals surface area contributed by atoms with E-state index in [4.69, 9.17) is 9.57 Å². The van der Waals surface area contributed by atoms with Crippen LogP contribution in [0.4, 0.5) is 0 Å². The van der Waals surface area contributed by atoms with E-state index in [-0.39, 0.29) is 13.2 Å². The highest BCUT2D eigenvalue weighted by molar-refractivity contribution is 7.90. The van der Waals surface area contributed by atoms with Gasteiger partial charge in [0, 0.05) is 13.6 Å². The molecule has 6 nitrogen and oxygen atoms in total. The second kappa shape index (κ2) is 7.53. The lowest BCUT2D eigenvalue weighted by Gasteiger charge is -2.23. The van der Waals surface area contributed by atoms with Crippen LogP contribution in [0.2, 0.25) is 0 Å². The Labute approximate surface area is 148 Å². The standard InChI is InChI=1S/C18H22N2O4S/c1-20-18(15-9-6-10-16(11-15)23-2)17(13-24-20)25(21,22)19-12-14-7-4-3-5-8-14/h3-11,17-19H,12-13H2,1-2H3. The van der Waals surface area contributed by atoms with Crippen molar-refractivity contribution in [3.8, 4) is 5.75 Å². The smallest absolute Gasteiger partial charge is 0.219 e. The van der Waals surface area contributed by atoms with Gasteiger partial charge >= 0.3 is 0 Å². The lowest BCUT2D eigenvalue weighted by atomic mass is 10.0. The first-order valence-corrected chi connectivity index (χ1v) is 9.58. The summed E-state index contributed by atoms with van der Waals surface area (Å²) in [5.41, 5.74) is 1.76. The maximum absolute atomic E-state index is 12.8. The molecule has 3 rings (SSSR count). The molecule has 7 heteroatoms. The highest BCUT2D eigenvalue weighted by atomic mass is 32.2. The van der Waals surface area contributed by atoms with Gasteiger partial charge in [0.2, 0.25) is 10.0 Å². The number of ether oxygens (including phenoxy) is 1. The first-order valence-electron chi connectivity index (χ1n) is 8.03. The van der Waals surface area contributed by atoms with Gasteiger partial charge in [-0.25, -0.2) is 13.1 Å². The van der Waals surface area contributed by atoms with Crippen LogP contribution in [-0.2, 0) is 21.4 Å². The maximum Gasteiger partial charge on any atom is 0.219 e. The first kappa shape index (κ1) is 17.9.